The molecule has 3 aromatic rings. The normalized spacial score (nSPS) is 15.5. The van der Waals surface area contributed by atoms with Crippen LogP contribution in [-0.4, -0.2) is 30.8 Å². The van der Waals surface area contributed by atoms with Gasteiger partial charge >= 0.3 is 0 Å². The number of nitrogens with zero attached hydrogens (tertiary/aromatic N) is 4. The van der Waals surface area contributed by atoms with E-state index in [9.17, 15) is 14.9 Å². The lowest BCUT2D eigenvalue weighted by Gasteiger charge is -2.25. The number of nitrogens with one attached hydrogen (secondary N) is 1. The molecule has 10 heteroatoms. The molecule has 4 rings (SSSR count). The topological polar surface area (TPSA) is 116 Å². The van der Waals surface area contributed by atoms with E-state index >= 15 is 0 Å². The van der Waals surface area contributed by atoms with Crippen LogP contribution in [-0.2, 0) is 4.79 Å². The van der Waals surface area contributed by atoms with Gasteiger partial charge in [-0.25, -0.2) is 0 Å². The first kappa shape index (κ1) is 21.1. The number of para-hydroxylation sites is 2. The molecule has 1 aliphatic carbocycles. The minimum Gasteiger partial charge on any atom is -0.461 e. The zero-order valence-corrected chi connectivity index (χ0v) is 17.9. The number of thioether (sulfide) groups is 1. The van der Waals surface area contributed by atoms with Crippen LogP contribution in [0.15, 0.2) is 52.2 Å². The van der Waals surface area contributed by atoms with E-state index in [1.54, 1.807) is 25.3 Å². The third kappa shape index (κ3) is 4.63. The van der Waals surface area contributed by atoms with Gasteiger partial charge in [0.2, 0.25) is 11.7 Å². The monoisotopic (exact) mass is 441 g/mol. The van der Waals surface area contributed by atoms with E-state index in [1.807, 2.05) is 12.1 Å². The zero-order valence-electron chi connectivity index (χ0n) is 17.1. The highest BCUT2D eigenvalue weighted by Crippen LogP contribution is 2.37. The highest BCUT2D eigenvalue weighted by atomic mass is 32.2. The summed E-state index contributed by atoms with van der Waals surface area (Å²) in [5.74, 6) is 0.963. The van der Waals surface area contributed by atoms with Crippen LogP contribution in [0.1, 0.15) is 45.1 Å². The Labute approximate surface area is 183 Å². The smallest absolute Gasteiger partial charge is 0.292 e. The van der Waals surface area contributed by atoms with Crippen LogP contribution in [0.2, 0.25) is 0 Å². The summed E-state index contributed by atoms with van der Waals surface area (Å²) in [6, 6.07) is 10.0. The van der Waals surface area contributed by atoms with Crippen LogP contribution in [0, 0.1) is 10.1 Å². The van der Waals surface area contributed by atoms with Gasteiger partial charge in [-0.2, -0.15) is 0 Å². The number of rotatable bonds is 7. The quantitative estimate of drug-likeness (QED) is 0.309. The number of nitro groups is 1. The van der Waals surface area contributed by atoms with E-state index in [1.165, 1.54) is 30.3 Å². The molecule has 0 spiro atoms. The lowest BCUT2D eigenvalue weighted by atomic mass is 9.95. The molecule has 0 radical (unpaired) electrons. The number of nitro benzene ring substituents is 1. The fourth-order valence-electron chi connectivity index (χ4n) is 3.78. The molecule has 0 saturated heterocycles. The molecule has 162 valence electrons. The van der Waals surface area contributed by atoms with E-state index < -0.39 is 10.2 Å². The van der Waals surface area contributed by atoms with Gasteiger partial charge in [0, 0.05) is 12.1 Å². The minimum absolute atomic E-state index is 0.140. The Hall–Kier alpha value is -3.14. The number of hydrogen-bond donors (Lipinski definition) is 1. The molecule has 0 bridgehead atoms. The predicted octanol–water partition coefficient (Wildman–Crippen LogP) is 5.07. The SMILES string of the molecule is CC(Sc1nnc(-c2ccco2)n1C1CCCCC1)C(=O)Nc1ccccc1[N+](=O)[O-]. The lowest BCUT2D eigenvalue weighted by Crippen LogP contribution is -2.24. The summed E-state index contributed by atoms with van der Waals surface area (Å²) < 4.78 is 7.64. The van der Waals surface area contributed by atoms with Gasteiger partial charge in [0.1, 0.15) is 5.69 Å². The molecular formula is C21H23N5O4S. The number of furan rings is 1. The van der Waals surface area contributed by atoms with Gasteiger partial charge in [-0.05, 0) is 38.0 Å². The Kier molecular flexibility index (Phi) is 6.36. The van der Waals surface area contributed by atoms with Crippen molar-refractivity contribution in [2.75, 3.05) is 5.32 Å². The zero-order chi connectivity index (χ0) is 21.8. The maximum absolute atomic E-state index is 12.8. The first-order valence-corrected chi connectivity index (χ1v) is 11.1. The van der Waals surface area contributed by atoms with E-state index in [0.29, 0.717) is 16.7 Å². The molecule has 2 aromatic heterocycles. The standard InChI is InChI=1S/C21H23N5O4S/c1-14(20(27)22-16-10-5-6-11-17(16)26(28)29)31-21-24-23-19(18-12-7-13-30-18)25(21)15-8-3-2-4-9-15/h5-7,10-15H,2-4,8-9H2,1H3,(H,22,27). The summed E-state index contributed by atoms with van der Waals surface area (Å²) in [6.45, 7) is 1.75. The molecule has 1 atom stereocenters. The Morgan fingerprint density at radius 3 is 2.71 bits per heavy atom. The molecule has 31 heavy (non-hydrogen) atoms. The molecule has 1 unspecified atom stereocenters. The fourth-order valence-corrected chi connectivity index (χ4v) is 4.70. The lowest BCUT2D eigenvalue weighted by molar-refractivity contribution is -0.383. The Morgan fingerprint density at radius 1 is 1.23 bits per heavy atom. The van der Waals surface area contributed by atoms with Crippen molar-refractivity contribution in [1.82, 2.24) is 14.8 Å². The summed E-state index contributed by atoms with van der Waals surface area (Å²) in [6.07, 6.45) is 7.14. The van der Waals surface area contributed by atoms with Crippen molar-refractivity contribution in [2.45, 2.75) is 55.5 Å². The van der Waals surface area contributed by atoms with Crippen molar-refractivity contribution in [3.63, 3.8) is 0 Å². The number of aromatic nitrogens is 3. The van der Waals surface area contributed by atoms with Gasteiger partial charge in [0.25, 0.3) is 5.69 Å². The van der Waals surface area contributed by atoms with Crippen LogP contribution in [0.25, 0.3) is 11.6 Å². The summed E-state index contributed by atoms with van der Waals surface area (Å²) in [5.41, 5.74) is 0.0356. The molecule has 1 aliphatic rings. The number of benzene rings is 1. The minimum atomic E-state index is -0.532. The van der Waals surface area contributed by atoms with Crippen LogP contribution in [0.3, 0.4) is 0 Å². The third-order valence-electron chi connectivity index (χ3n) is 5.36. The molecule has 1 N–H and O–H groups in total. The second-order valence-electron chi connectivity index (χ2n) is 7.47. The Balaban J connectivity index is 1.56. The van der Waals surface area contributed by atoms with Gasteiger partial charge in [0.05, 0.1) is 16.4 Å². The van der Waals surface area contributed by atoms with Crippen molar-refractivity contribution < 1.29 is 14.1 Å². The van der Waals surface area contributed by atoms with Crippen molar-refractivity contribution >= 4 is 29.0 Å². The number of amides is 1. The van der Waals surface area contributed by atoms with Crippen LogP contribution in [0.5, 0.6) is 0 Å². The summed E-state index contributed by atoms with van der Waals surface area (Å²) in [5, 5.41) is 22.7. The largest absolute Gasteiger partial charge is 0.461 e. The summed E-state index contributed by atoms with van der Waals surface area (Å²) in [7, 11) is 0. The maximum Gasteiger partial charge on any atom is 0.292 e. The highest BCUT2D eigenvalue weighted by molar-refractivity contribution is 8.00. The number of anilines is 1. The van der Waals surface area contributed by atoms with E-state index in [0.717, 1.165) is 25.7 Å². The summed E-state index contributed by atoms with van der Waals surface area (Å²) >= 11 is 1.29. The molecule has 1 saturated carbocycles. The van der Waals surface area contributed by atoms with Crippen LogP contribution >= 0.6 is 11.8 Å². The van der Waals surface area contributed by atoms with Gasteiger partial charge in [0.15, 0.2) is 10.9 Å². The van der Waals surface area contributed by atoms with Crippen molar-refractivity contribution in [3.8, 4) is 11.6 Å². The van der Waals surface area contributed by atoms with Crippen molar-refractivity contribution in [2.24, 2.45) is 0 Å². The van der Waals surface area contributed by atoms with Gasteiger partial charge in [-0.1, -0.05) is 43.2 Å². The Bertz CT molecular complexity index is 1060. The molecule has 9 nitrogen and oxygen atoms in total. The number of carbonyl (C=O) groups is 1. The molecule has 1 amide bonds. The number of carbonyl (C=O) groups excluding carboxylic acids is 1. The number of hydrogen-bond acceptors (Lipinski definition) is 7. The molecule has 1 aromatic carbocycles. The molecule has 0 aliphatic heterocycles. The first-order chi connectivity index (χ1) is 15.0. The molecule has 1 fully saturated rings. The van der Waals surface area contributed by atoms with Gasteiger partial charge in [-0.15, -0.1) is 10.2 Å². The second kappa shape index (κ2) is 9.34. The van der Waals surface area contributed by atoms with E-state index in [4.69, 9.17) is 4.42 Å². The van der Waals surface area contributed by atoms with Gasteiger partial charge < -0.3 is 9.73 Å². The average Bonchev–Trinajstić information content (AvgIpc) is 3.44. The fraction of sp³-hybridized carbons (Fsp3) is 0.381. The third-order valence-corrected chi connectivity index (χ3v) is 6.41. The van der Waals surface area contributed by atoms with E-state index in [2.05, 4.69) is 20.1 Å². The van der Waals surface area contributed by atoms with Crippen molar-refractivity contribution in [3.05, 3.63) is 52.8 Å². The molecule has 2 heterocycles. The highest BCUT2D eigenvalue weighted by Gasteiger charge is 2.28. The van der Waals surface area contributed by atoms with Crippen molar-refractivity contribution in [1.29, 1.82) is 0 Å². The first-order valence-electron chi connectivity index (χ1n) is 10.2. The van der Waals surface area contributed by atoms with Crippen LogP contribution in [0.4, 0.5) is 11.4 Å². The summed E-state index contributed by atoms with van der Waals surface area (Å²) in [4.78, 5) is 23.5. The average molecular weight is 442 g/mol. The van der Waals surface area contributed by atoms with E-state index in [-0.39, 0.29) is 23.3 Å². The van der Waals surface area contributed by atoms with Gasteiger partial charge in [-0.3, -0.25) is 19.5 Å². The Morgan fingerprint density at radius 2 is 2.00 bits per heavy atom. The molecular weight excluding hydrogens is 418 g/mol. The maximum atomic E-state index is 12.8. The second-order valence-corrected chi connectivity index (χ2v) is 8.78. The van der Waals surface area contributed by atoms with Crippen LogP contribution < -0.4 is 5.32 Å². The predicted molar refractivity (Wildman–Crippen MR) is 117 cm³/mol.